The van der Waals surface area contributed by atoms with Gasteiger partial charge in [-0.2, -0.15) is 5.26 Å². The van der Waals surface area contributed by atoms with E-state index in [-0.39, 0.29) is 22.3 Å². The third-order valence-electron chi connectivity index (χ3n) is 4.62. The van der Waals surface area contributed by atoms with Crippen molar-refractivity contribution in [2.75, 3.05) is 18.2 Å². The maximum Gasteiger partial charge on any atom is 0.319 e. The molecule has 1 heterocycles. The number of esters is 1. The summed E-state index contributed by atoms with van der Waals surface area (Å²) < 4.78 is 5.70. The van der Waals surface area contributed by atoms with Gasteiger partial charge in [-0.05, 0) is 29.8 Å². The van der Waals surface area contributed by atoms with Crippen LogP contribution in [0.2, 0.25) is 0 Å². The summed E-state index contributed by atoms with van der Waals surface area (Å²) in [6, 6.07) is 18.1. The number of nitrogens with one attached hydrogen (secondary N) is 2. The molecule has 2 atom stereocenters. The van der Waals surface area contributed by atoms with Crippen molar-refractivity contribution in [2.24, 2.45) is 5.92 Å². The van der Waals surface area contributed by atoms with E-state index in [0.29, 0.717) is 11.3 Å². The Bertz CT molecular complexity index is 1060. The average Bonchev–Trinajstić information content (AvgIpc) is 2.78. The number of hydrogen-bond acceptors (Lipinski definition) is 6. The lowest BCUT2D eigenvalue weighted by atomic mass is 9.78. The average molecular weight is 500 g/mol. The van der Waals surface area contributed by atoms with E-state index >= 15 is 0 Å². The maximum atomic E-state index is 12.7. The van der Waals surface area contributed by atoms with Crippen molar-refractivity contribution in [3.63, 3.8) is 0 Å². The van der Waals surface area contributed by atoms with Crippen molar-refractivity contribution >= 4 is 51.2 Å². The van der Waals surface area contributed by atoms with E-state index in [1.54, 1.807) is 54.6 Å². The zero-order chi connectivity index (χ0) is 22.4. The molecule has 158 valence electrons. The zero-order valence-corrected chi connectivity index (χ0v) is 18.8. The lowest BCUT2D eigenvalue weighted by Gasteiger charge is -2.30. The van der Waals surface area contributed by atoms with Crippen LogP contribution in [0, 0.1) is 17.2 Å². The smallest absolute Gasteiger partial charge is 0.319 e. The summed E-state index contributed by atoms with van der Waals surface area (Å²) in [6.45, 7) is 0. The van der Waals surface area contributed by atoms with Gasteiger partial charge in [0.2, 0.25) is 11.8 Å². The Morgan fingerprint density at radius 3 is 2.48 bits per heavy atom. The van der Waals surface area contributed by atoms with Gasteiger partial charge >= 0.3 is 5.97 Å². The second kappa shape index (κ2) is 10.3. The summed E-state index contributed by atoms with van der Waals surface area (Å²) in [5, 5.41) is 15.5. The molecule has 0 radical (unpaired) electrons. The quantitative estimate of drug-likeness (QED) is 0.464. The van der Waals surface area contributed by atoms with Crippen molar-refractivity contribution in [1.29, 1.82) is 5.26 Å². The second-order valence-corrected chi connectivity index (χ2v) is 8.48. The molecule has 2 amide bonds. The van der Waals surface area contributed by atoms with Gasteiger partial charge in [0.15, 0.2) is 0 Å². The maximum absolute atomic E-state index is 12.7. The first-order valence-corrected chi connectivity index (χ1v) is 11.0. The summed E-state index contributed by atoms with van der Waals surface area (Å²) in [5.74, 6) is -3.61. The van der Waals surface area contributed by atoms with Crippen LogP contribution in [0.15, 0.2) is 69.7 Å². The van der Waals surface area contributed by atoms with E-state index in [2.05, 4.69) is 32.6 Å². The van der Waals surface area contributed by atoms with Gasteiger partial charge in [0.25, 0.3) is 0 Å². The van der Waals surface area contributed by atoms with Crippen molar-refractivity contribution in [2.45, 2.75) is 5.92 Å². The third kappa shape index (κ3) is 5.34. The van der Waals surface area contributed by atoms with Crippen LogP contribution in [0.4, 0.5) is 5.69 Å². The van der Waals surface area contributed by atoms with Gasteiger partial charge in [0.05, 0.1) is 29.5 Å². The SMILES string of the molecule is COC(=O)[C@@H]1C(=O)NC(SCC(=O)Nc2ccc(Br)cc2)=C(C#N)[C@@H]1c1ccccc1. The lowest BCUT2D eigenvalue weighted by molar-refractivity contribution is -0.150. The molecule has 0 saturated carbocycles. The molecule has 7 nitrogen and oxygen atoms in total. The van der Waals surface area contributed by atoms with E-state index in [9.17, 15) is 19.6 Å². The minimum Gasteiger partial charge on any atom is -0.468 e. The minimum absolute atomic E-state index is 0.0265. The van der Waals surface area contributed by atoms with Crippen LogP contribution in [0.5, 0.6) is 0 Å². The third-order valence-corrected chi connectivity index (χ3v) is 6.16. The molecule has 1 aliphatic rings. The fraction of sp³-hybridized carbons (Fsp3) is 0.182. The van der Waals surface area contributed by atoms with Crippen LogP contribution < -0.4 is 10.6 Å². The molecule has 2 aromatic rings. The monoisotopic (exact) mass is 499 g/mol. The number of benzene rings is 2. The number of hydrogen-bond donors (Lipinski definition) is 2. The Hall–Kier alpha value is -3.09. The lowest BCUT2D eigenvalue weighted by Crippen LogP contribution is -2.44. The van der Waals surface area contributed by atoms with Crippen LogP contribution in [0.25, 0.3) is 0 Å². The predicted molar refractivity (Wildman–Crippen MR) is 121 cm³/mol. The number of halogens is 1. The van der Waals surface area contributed by atoms with Gasteiger partial charge < -0.3 is 15.4 Å². The highest BCUT2D eigenvalue weighted by atomic mass is 79.9. The predicted octanol–water partition coefficient (Wildman–Crippen LogP) is 3.56. The normalized spacial score (nSPS) is 18.0. The fourth-order valence-corrected chi connectivity index (χ4v) is 4.32. The van der Waals surface area contributed by atoms with Crippen molar-refractivity contribution in [3.05, 3.63) is 75.2 Å². The van der Waals surface area contributed by atoms with Crippen molar-refractivity contribution in [1.82, 2.24) is 5.32 Å². The van der Waals surface area contributed by atoms with E-state index in [1.165, 1.54) is 7.11 Å². The van der Waals surface area contributed by atoms with Crippen LogP contribution in [0.3, 0.4) is 0 Å². The first kappa shape index (κ1) is 22.6. The Labute approximate surface area is 192 Å². The van der Waals surface area contributed by atoms with E-state index in [0.717, 1.165) is 16.2 Å². The van der Waals surface area contributed by atoms with Gasteiger partial charge in [-0.25, -0.2) is 0 Å². The van der Waals surface area contributed by atoms with E-state index in [4.69, 9.17) is 4.74 Å². The molecular weight excluding hydrogens is 482 g/mol. The number of nitrogens with zero attached hydrogens (tertiary/aromatic N) is 1. The number of ether oxygens (including phenoxy) is 1. The zero-order valence-electron chi connectivity index (χ0n) is 16.4. The number of rotatable bonds is 6. The van der Waals surface area contributed by atoms with Gasteiger partial charge in [-0.1, -0.05) is 58.0 Å². The molecule has 0 saturated heterocycles. The molecule has 3 rings (SSSR count). The van der Waals surface area contributed by atoms with Crippen LogP contribution in [0.1, 0.15) is 11.5 Å². The number of carbonyl (C=O) groups is 3. The van der Waals surface area contributed by atoms with Crippen molar-refractivity contribution < 1.29 is 19.1 Å². The van der Waals surface area contributed by atoms with Gasteiger partial charge in [0.1, 0.15) is 5.92 Å². The highest BCUT2D eigenvalue weighted by Crippen LogP contribution is 2.40. The second-order valence-electron chi connectivity index (χ2n) is 6.58. The molecule has 0 spiro atoms. The standard InChI is InChI=1S/C22H18BrN3O4S/c1-30-22(29)19-18(13-5-3-2-4-6-13)16(11-24)21(26-20(19)28)31-12-17(27)25-15-9-7-14(23)8-10-15/h2-10,18-19H,12H2,1H3,(H,25,27)(H,26,28)/t18-,19-/m0/s1. The number of methoxy groups -OCH3 is 1. The highest BCUT2D eigenvalue weighted by Gasteiger charge is 2.44. The fourth-order valence-electron chi connectivity index (χ4n) is 3.21. The van der Waals surface area contributed by atoms with Crippen molar-refractivity contribution in [3.8, 4) is 6.07 Å². The summed E-state index contributed by atoms with van der Waals surface area (Å²) >= 11 is 4.37. The molecule has 31 heavy (non-hydrogen) atoms. The van der Waals surface area contributed by atoms with Gasteiger partial charge in [-0.3, -0.25) is 14.4 Å². The molecule has 0 unspecified atom stereocenters. The number of thioether (sulfide) groups is 1. The van der Waals surface area contributed by atoms with Crippen LogP contribution >= 0.6 is 27.7 Å². The molecule has 1 aliphatic heterocycles. The topological polar surface area (TPSA) is 108 Å². The summed E-state index contributed by atoms with van der Waals surface area (Å²) in [4.78, 5) is 37.4. The number of carbonyl (C=O) groups excluding carboxylic acids is 3. The molecule has 2 aromatic carbocycles. The van der Waals surface area contributed by atoms with E-state index < -0.39 is 23.7 Å². The number of nitriles is 1. The molecule has 0 aliphatic carbocycles. The Kier molecular flexibility index (Phi) is 7.50. The first-order valence-electron chi connectivity index (χ1n) is 9.20. The number of anilines is 1. The Morgan fingerprint density at radius 2 is 1.87 bits per heavy atom. The molecular formula is C22H18BrN3O4S. The minimum atomic E-state index is -1.19. The molecule has 9 heteroatoms. The van der Waals surface area contributed by atoms with Crippen LogP contribution in [-0.4, -0.2) is 30.6 Å². The summed E-state index contributed by atoms with van der Waals surface area (Å²) in [7, 11) is 1.20. The number of amides is 2. The van der Waals surface area contributed by atoms with Gasteiger partial charge in [0, 0.05) is 16.1 Å². The molecule has 0 fully saturated rings. The van der Waals surface area contributed by atoms with E-state index in [1.807, 2.05) is 0 Å². The van der Waals surface area contributed by atoms with Gasteiger partial charge in [-0.15, -0.1) is 0 Å². The molecule has 0 bridgehead atoms. The highest BCUT2D eigenvalue weighted by molar-refractivity contribution is 9.10. The number of allylic oxidation sites excluding steroid dienone is 1. The van der Waals surface area contributed by atoms with Crippen LogP contribution in [-0.2, 0) is 19.1 Å². The summed E-state index contributed by atoms with van der Waals surface area (Å²) in [6.07, 6.45) is 0. The summed E-state index contributed by atoms with van der Waals surface area (Å²) in [5.41, 5.74) is 1.48. The largest absolute Gasteiger partial charge is 0.468 e. The Balaban J connectivity index is 1.85. The molecule has 2 N–H and O–H groups in total. The molecule has 0 aromatic heterocycles. The first-order chi connectivity index (χ1) is 14.9. The Morgan fingerprint density at radius 1 is 1.19 bits per heavy atom.